The highest BCUT2D eigenvalue weighted by molar-refractivity contribution is 6.00. The molecule has 0 aliphatic carbocycles. The number of hydrogen-bond acceptors (Lipinski definition) is 4. The summed E-state index contributed by atoms with van der Waals surface area (Å²) in [6, 6.07) is 8.09. The quantitative estimate of drug-likeness (QED) is 0.128. The Morgan fingerprint density at radius 2 is 0.938 bits per heavy atom. The second kappa shape index (κ2) is 15.2. The van der Waals surface area contributed by atoms with E-state index in [-0.39, 0.29) is 12.8 Å². The van der Waals surface area contributed by atoms with E-state index < -0.39 is 11.9 Å². The van der Waals surface area contributed by atoms with Gasteiger partial charge in [0.2, 0.25) is 0 Å². The first kappa shape index (κ1) is 34.9. The number of aliphatic carboxylic acids is 2. The molecule has 0 saturated carbocycles. The molecular formula is C40H50N4O4. The van der Waals surface area contributed by atoms with Crippen molar-refractivity contribution in [1.82, 2.24) is 19.9 Å². The van der Waals surface area contributed by atoms with Gasteiger partial charge in [-0.05, 0) is 122 Å². The van der Waals surface area contributed by atoms with Crippen molar-refractivity contribution >= 4 is 56.3 Å². The summed E-state index contributed by atoms with van der Waals surface area (Å²) < 4.78 is 0. The van der Waals surface area contributed by atoms with Crippen LogP contribution in [0.5, 0.6) is 0 Å². The second-order valence-corrected chi connectivity index (χ2v) is 13.4. The summed E-state index contributed by atoms with van der Waals surface area (Å²) >= 11 is 0. The third-order valence-electron chi connectivity index (χ3n) is 10.0. The maximum absolute atomic E-state index is 12.1. The monoisotopic (exact) mass is 650 g/mol. The van der Waals surface area contributed by atoms with Crippen LogP contribution in [0.4, 0.5) is 0 Å². The van der Waals surface area contributed by atoms with E-state index in [1.165, 1.54) is 24.0 Å². The van der Waals surface area contributed by atoms with Gasteiger partial charge in [-0.1, -0.05) is 52.4 Å². The van der Waals surface area contributed by atoms with E-state index >= 15 is 0 Å². The zero-order chi connectivity index (χ0) is 34.5. The van der Waals surface area contributed by atoms with Crippen molar-refractivity contribution in [2.45, 2.75) is 119 Å². The molecule has 3 aromatic rings. The number of aromatic nitrogens is 4. The smallest absolute Gasteiger partial charge is 0.307 e. The Kier molecular flexibility index (Phi) is 11.0. The Morgan fingerprint density at radius 1 is 0.562 bits per heavy atom. The third kappa shape index (κ3) is 7.48. The van der Waals surface area contributed by atoms with Crippen molar-refractivity contribution in [3.05, 3.63) is 69.3 Å². The van der Waals surface area contributed by atoms with Gasteiger partial charge in [-0.15, -0.1) is 0 Å². The number of allylic oxidation sites excluding steroid dienone is 2. The van der Waals surface area contributed by atoms with Gasteiger partial charge in [0.15, 0.2) is 0 Å². The van der Waals surface area contributed by atoms with Crippen LogP contribution in [-0.4, -0.2) is 42.1 Å². The van der Waals surface area contributed by atoms with Gasteiger partial charge in [0.25, 0.3) is 0 Å². The van der Waals surface area contributed by atoms with E-state index in [1.807, 2.05) is 26.0 Å². The molecule has 8 heteroatoms. The lowest BCUT2D eigenvalue weighted by Gasteiger charge is -2.03. The van der Waals surface area contributed by atoms with Gasteiger partial charge >= 0.3 is 11.9 Å². The lowest BCUT2D eigenvalue weighted by molar-refractivity contribution is -0.136. The maximum atomic E-state index is 12.1. The summed E-state index contributed by atoms with van der Waals surface area (Å²) in [5.74, 6) is -1.78. The Balaban J connectivity index is 1.86. The molecule has 0 fully saturated rings. The number of H-pyrrole nitrogens is 2. The van der Waals surface area contributed by atoms with Crippen molar-refractivity contribution in [3.63, 3.8) is 0 Å². The van der Waals surface area contributed by atoms with Crippen molar-refractivity contribution in [1.29, 1.82) is 0 Å². The summed E-state index contributed by atoms with van der Waals surface area (Å²) in [5.41, 5.74) is 14.3. The van der Waals surface area contributed by atoms with Crippen molar-refractivity contribution in [2.24, 2.45) is 0 Å². The molecule has 3 aromatic heterocycles. The molecule has 0 saturated heterocycles. The van der Waals surface area contributed by atoms with Crippen molar-refractivity contribution in [2.75, 3.05) is 0 Å². The third-order valence-corrected chi connectivity index (χ3v) is 10.0. The molecule has 0 amide bonds. The number of nitrogens with zero attached hydrogens (tertiary/aromatic N) is 2. The van der Waals surface area contributed by atoms with Crippen LogP contribution >= 0.6 is 0 Å². The molecule has 0 atom stereocenters. The summed E-state index contributed by atoms with van der Waals surface area (Å²) in [5, 5.41) is 19.8. The van der Waals surface area contributed by atoms with Gasteiger partial charge in [0, 0.05) is 22.1 Å². The summed E-state index contributed by atoms with van der Waals surface area (Å²) in [7, 11) is 0. The fraction of sp³-hybridized carbons (Fsp3) is 0.450. The van der Waals surface area contributed by atoms with Gasteiger partial charge in [0.05, 0.1) is 35.6 Å². The lowest BCUT2D eigenvalue weighted by atomic mass is 10.00. The van der Waals surface area contributed by atoms with Crippen molar-refractivity contribution < 1.29 is 19.8 Å². The second-order valence-electron chi connectivity index (χ2n) is 13.4. The maximum Gasteiger partial charge on any atom is 0.307 e. The van der Waals surface area contributed by atoms with Crippen LogP contribution in [0.1, 0.15) is 137 Å². The van der Waals surface area contributed by atoms with E-state index in [0.717, 1.165) is 118 Å². The zero-order valence-electron chi connectivity index (χ0n) is 29.4. The molecule has 0 spiro atoms. The Hall–Kier alpha value is -4.46. The molecule has 254 valence electrons. The van der Waals surface area contributed by atoms with E-state index in [9.17, 15) is 19.8 Å². The van der Waals surface area contributed by atoms with E-state index in [4.69, 9.17) is 9.97 Å². The van der Waals surface area contributed by atoms with Crippen LogP contribution in [0.25, 0.3) is 44.4 Å². The highest BCUT2D eigenvalue weighted by Crippen LogP contribution is 2.37. The molecule has 8 bridgehead atoms. The minimum absolute atomic E-state index is 0.112. The largest absolute Gasteiger partial charge is 0.481 e. The van der Waals surface area contributed by atoms with E-state index in [2.05, 4.69) is 49.8 Å². The number of carboxylic acid groups (broad SMARTS) is 2. The molecule has 4 N–H and O–H groups in total. The van der Waals surface area contributed by atoms with Gasteiger partial charge in [0.1, 0.15) is 0 Å². The Labute approximate surface area is 283 Å². The van der Waals surface area contributed by atoms with E-state index in [1.54, 1.807) is 0 Å². The highest BCUT2D eigenvalue weighted by Gasteiger charge is 2.23. The predicted octanol–water partition coefficient (Wildman–Crippen LogP) is 9.99. The molecule has 48 heavy (non-hydrogen) atoms. The number of nitrogens with one attached hydrogen (secondary N) is 2. The molecule has 2 aliphatic heterocycles. The Bertz CT molecular complexity index is 1820. The average molecular weight is 651 g/mol. The highest BCUT2D eigenvalue weighted by atomic mass is 16.4. The van der Waals surface area contributed by atoms with Crippen LogP contribution in [0, 0.1) is 13.8 Å². The molecule has 0 unspecified atom stereocenters. The topological polar surface area (TPSA) is 132 Å². The van der Waals surface area contributed by atoms with Gasteiger partial charge in [-0.2, -0.15) is 0 Å². The molecule has 0 aromatic carbocycles. The first-order valence-electron chi connectivity index (χ1n) is 17.6. The number of aryl methyl sites for hydroxylation is 4. The number of carboxylic acids is 2. The Morgan fingerprint density at radius 3 is 1.29 bits per heavy atom. The lowest BCUT2D eigenvalue weighted by Crippen LogP contribution is -1.96. The van der Waals surface area contributed by atoms with Gasteiger partial charge < -0.3 is 20.2 Å². The molecule has 5 rings (SSSR count). The summed E-state index contributed by atoms with van der Waals surface area (Å²) in [4.78, 5) is 41.5. The molecule has 2 aliphatic rings. The van der Waals surface area contributed by atoms with Crippen LogP contribution in [0.15, 0.2) is 24.3 Å². The van der Waals surface area contributed by atoms with Gasteiger partial charge in [-0.3, -0.25) is 9.59 Å². The molecule has 8 nitrogen and oxygen atoms in total. The first-order chi connectivity index (χ1) is 23.0. The van der Waals surface area contributed by atoms with Crippen molar-refractivity contribution in [3.8, 4) is 0 Å². The number of fused-ring (bicyclic) bond motifs is 8. The predicted molar refractivity (Wildman–Crippen MR) is 196 cm³/mol. The van der Waals surface area contributed by atoms with E-state index in [0.29, 0.717) is 11.4 Å². The number of aromatic amines is 2. The standard InChI is InChI=1S/C40H50N4O4/c1-7-9-11-13-15-27-23(3)31-21-37-30(18-40(47)48)26(6)34(44-37)20-36-28(16-14-12-10-8-2)24(4)32(42-36)22-38-29(17-39(45)46)25(5)33(43-38)19-35(27)41-31/h19-22,41-42H,7-18H2,1-6H3,(H,45,46)(H,47,48). The van der Waals surface area contributed by atoms with Crippen LogP contribution in [-0.2, 0) is 22.4 Å². The molecular weight excluding hydrogens is 600 g/mol. The van der Waals surface area contributed by atoms with Crippen LogP contribution in [0.2, 0.25) is 0 Å². The average Bonchev–Trinajstić information content (AvgIpc) is 3.68. The zero-order valence-corrected chi connectivity index (χ0v) is 29.4. The minimum Gasteiger partial charge on any atom is -0.481 e. The number of unbranched alkanes of at least 4 members (excludes halogenated alkanes) is 6. The summed E-state index contributed by atoms with van der Waals surface area (Å²) in [6.07, 6.45) is 10.6. The first-order valence-corrected chi connectivity index (χ1v) is 17.6. The summed E-state index contributed by atoms with van der Waals surface area (Å²) in [6.45, 7) is 12.5. The van der Waals surface area contributed by atoms with Gasteiger partial charge in [-0.25, -0.2) is 9.97 Å². The number of rotatable bonds is 14. The number of carbonyl (C=O) groups is 2. The molecule has 0 radical (unpaired) electrons. The minimum atomic E-state index is -0.888. The van der Waals surface area contributed by atoms with Crippen LogP contribution < -0.4 is 0 Å². The fourth-order valence-electron chi connectivity index (χ4n) is 7.07. The SMILES string of the molecule is CCCCCCc1c(C)c2cc3nc(cc4[nH]c(cc5nc(cc1[nH]2)C(C)=C5CC(=O)O)c(C)c4CCCCCC)C(C)=C3CC(=O)O. The molecule has 5 heterocycles. The normalized spacial score (nSPS) is 13.1. The fourth-order valence-corrected chi connectivity index (χ4v) is 7.07. The van der Waals surface area contributed by atoms with Crippen LogP contribution in [0.3, 0.4) is 0 Å². The number of hydrogen-bond donors (Lipinski definition) is 4.